The summed E-state index contributed by atoms with van der Waals surface area (Å²) in [7, 11) is 0. The highest BCUT2D eigenvalue weighted by molar-refractivity contribution is 5.94. The number of carboxylic acid groups (broad SMARTS) is 1. The zero-order valence-electron chi connectivity index (χ0n) is 20.8. The second-order valence-electron chi connectivity index (χ2n) is 9.67. The lowest BCUT2D eigenvalue weighted by atomic mass is 9.97. The van der Waals surface area contributed by atoms with Crippen molar-refractivity contribution in [3.05, 3.63) is 65.5 Å². The van der Waals surface area contributed by atoms with Crippen molar-refractivity contribution in [2.45, 2.75) is 64.8 Å². The smallest absolute Gasteiger partial charge is 0.305 e. The SMILES string of the molecule is CCCC(Cc1ccc(-c2nnc(C(C)(C)C)o2)cc1)Nc1ccc(C(=O)NCCC(=O)O)cc1. The molecule has 1 amide bonds. The van der Waals surface area contributed by atoms with E-state index in [1.54, 1.807) is 12.1 Å². The molecule has 3 aromatic rings. The van der Waals surface area contributed by atoms with Crippen LogP contribution >= 0.6 is 0 Å². The van der Waals surface area contributed by atoms with Crippen molar-refractivity contribution in [1.82, 2.24) is 15.5 Å². The number of carbonyl (C=O) groups excluding carboxylic acids is 1. The molecule has 0 saturated carbocycles. The molecule has 1 heterocycles. The van der Waals surface area contributed by atoms with Crippen LogP contribution in [-0.2, 0) is 16.6 Å². The van der Waals surface area contributed by atoms with E-state index < -0.39 is 5.97 Å². The second kappa shape index (κ2) is 11.6. The molecule has 35 heavy (non-hydrogen) atoms. The van der Waals surface area contributed by atoms with Gasteiger partial charge < -0.3 is 20.2 Å². The number of anilines is 1. The molecule has 0 aliphatic carbocycles. The molecule has 2 aromatic carbocycles. The van der Waals surface area contributed by atoms with Crippen LogP contribution in [0.4, 0.5) is 5.69 Å². The molecule has 1 unspecified atom stereocenters. The number of aliphatic carboxylic acids is 1. The van der Waals surface area contributed by atoms with Crippen molar-refractivity contribution in [3.63, 3.8) is 0 Å². The third-order valence-electron chi connectivity index (χ3n) is 5.53. The molecule has 3 rings (SSSR count). The summed E-state index contributed by atoms with van der Waals surface area (Å²) in [5, 5.41) is 23.2. The molecule has 186 valence electrons. The van der Waals surface area contributed by atoms with Crippen molar-refractivity contribution in [1.29, 1.82) is 0 Å². The zero-order valence-corrected chi connectivity index (χ0v) is 20.8. The van der Waals surface area contributed by atoms with Gasteiger partial charge >= 0.3 is 5.97 Å². The van der Waals surface area contributed by atoms with E-state index >= 15 is 0 Å². The Morgan fingerprint density at radius 3 is 2.29 bits per heavy atom. The topological polar surface area (TPSA) is 117 Å². The maximum Gasteiger partial charge on any atom is 0.305 e. The lowest BCUT2D eigenvalue weighted by Gasteiger charge is -2.20. The molecule has 8 nitrogen and oxygen atoms in total. The van der Waals surface area contributed by atoms with Crippen LogP contribution in [0.15, 0.2) is 52.9 Å². The summed E-state index contributed by atoms with van der Waals surface area (Å²) < 4.78 is 5.84. The number of rotatable bonds is 11. The number of hydrogen-bond acceptors (Lipinski definition) is 6. The van der Waals surface area contributed by atoms with E-state index in [4.69, 9.17) is 9.52 Å². The number of aromatic nitrogens is 2. The number of hydrogen-bond donors (Lipinski definition) is 3. The minimum Gasteiger partial charge on any atom is -0.481 e. The molecule has 0 aliphatic heterocycles. The second-order valence-corrected chi connectivity index (χ2v) is 9.67. The molecule has 1 atom stereocenters. The van der Waals surface area contributed by atoms with Gasteiger partial charge in [-0.15, -0.1) is 10.2 Å². The average Bonchev–Trinajstić information content (AvgIpc) is 3.31. The normalized spacial score (nSPS) is 12.2. The summed E-state index contributed by atoms with van der Waals surface area (Å²) in [6, 6.07) is 15.7. The number of amides is 1. The van der Waals surface area contributed by atoms with E-state index in [-0.39, 0.29) is 30.3 Å². The van der Waals surface area contributed by atoms with Gasteiger partial charge in [-0.05, 0) is 54.8 Å². The van der Waals surface area contributed by atoms with Crippen LogP contribution in [0.25, 0.3) is 11.5 Å². The fourth-order valence-electron chi connectivity index (χ4n) is 3.62. The highest BCUT2D eigenvalue weighted by Gasteiger charge is 2.22. The fraction of sp³-hybridized carbons (Fsp3) is 0.407. The summed E-state index contributed by atoms with van der Waals surface area (Å²) in [5.41, 5.74) is 3.34. The standard InChI is InChI=1S/C27H34N4O4/c1-5-6-22(29-21-13-11-19(12-14-21)24(34)28-16-15-23(32)33)17-18-7-9-20(10-8-18)25-30-31-26(35-25)27(2,3)4/h7-14,22,29H,5-6,15-17H2,1-4H3,(H,28,34)(H,32,33). The maximum atomic E-state index is 12.1. The molecule has 0 aliphatic rings. The Morgan fingerprint density at radius 1 is 1.03 bits per heavy atom. The van der Waals surface area contributed by atoms with Gasteiger partial charge in [-0.1, -0.05) is 46.2 Å². The quantitative estimate of drug-likeness (QED) is 0.352. The first kappa shape index (κ1) is 25.9. The summed E-state index contributed by atoms with van der Waals surface area (Å²) >= 11 is 0. The van der Waals surface area contributed by atoms with E-state index in [0.717, 1.165) is 30.5 Å². The molecule has 0 bridgehead atoms. The van der Waals surface area contributed by atoms with E-state index in [2.05, 4.69) is 39.9 Å². The lowest BCUT2D eigenvalue weighted by Crippen LogP contribution is -2.26. The molecular formula is C27H34N4O4. The molecule has 8 heteroatoms. The summed E-state index contributed by atoms with van der Waals surface area (Å²) in [4.78, 5) is 22.7. The Morgan fingerprint density at radius 2 is 1.71 bits per heavy atom. The lowest BCUT2D eigenvalue weighted by molar-refractivity contribution is -0.136. The largest absolute Gasteiger partial charge is 0.481 e. The predicted molar refractivity (Wildman–Crippen MR) is 135 cm³/mol. The minimum atomic E-state index is -0.939. The van der Waals surface area contributed by atoms with Crippen LogP contribution in [0.5, 0.6) is 0 Å². The first-order chi connectivity index (χ1) is 16.7. The van der Waals surface area contributed by atoms with Gasteiger partial charge in [0, 0.05) is 34.8 Å². The summed E-state index contributed by atoms with van der Waals surface area (Å²) in [6.07, 6.45) is 2.79. The van der Waals surface area contributed by atoms with E-state index in [1.165, 1.54) is 5.56 Å². The van der Waals surface area contributed by atoms with Gasteiger partial charge in [0.25, 0.3) is 5.91 Å². The monoisotopic (exact) mass is 478 g/mol. The molecule has 1 aromatic heterocycles. The van der Waals surface area contributed by atoms with Crippen LogP contribution in [0.3, 0.4) is 0 Å². The molecule has 3 N–H and O–H groups in total. The Balaban J connectivity index is 1.60. The number of nitrogens with one attached hydrogen (secondary N) is 2. The molecule has 0 radical (unpaired) electrons. The summed E-state index contributed by atoms with van der Waals surface area (Å²) in [6.45, 7) is 8.39. The van der Waals surface area contributed by atoms with Gasteiger partial charge in [-0.25, -0.2) is 0 Å². The van der Waals surface area contributed by atoms with Crippen LogP contribution in [0.2, 0.25) is 0 Å². The van der Waals surface area contributed by atoms with Crippen molar-refractivity contribution >= 4 is 17.6 Å². The Kier molecular flexibility index (Phi) is 8.63. The van der Waals surface area contributed by atoms with Crippen LogP contribution in [0, 0.1) is 0 Å². The van der Waals surface area contributed by atoms with Crippen molar-refractivity contribution in [3.8, 4) is 11.5 Å². The Bertz CT molecular complexity index is 1120. The van der Waals surface area contributed by atoms with Gasteiger partial charge in [-0.2, -0.15) is 0 Å². The van der Waals surface area contributed by atoms with Crippen LogP contribution in [-0.4, -0.2) is 39.8 Å². The maximum absolute atomic E-state index is 12.1. The Hall–Kier alpha value is -3.68. The molecule has 0 spiro atoms. The zero-order chi connectivity index (χ0) is 25.4. The van der Waals surface area contributed by atoms with E-state index in [0.29, 0.717) is 17.3 Å². The van der Waals surface area contributed by atoms with Gasteiger partial charge in [0.2, 0.25) is 11.8 Å². The van der Waals surface area contributed by atoms with E-state index in [9.17, 15) is 9.59 Å². The summed E-state index contributed by atoms with van der Waals surface area (Å²) in [5.74, 6) is -0.0750. The fourth-order valence-corrected chi connectivity index (χ4v) is 3.62. The van der Waals surface area contributed by atoms with Gasteiger partial charge in [0.1, 0.15) is 0 Å². The number of nitrogens with zero attached hydrogens (tertiary/aromatic N) is 2. The van der Waals surface area contributed by atoms with Crippen LogP contribution in [0.1, 0.15) is 68.8 Å². The third-order valence-corrected chi connectivity index (χ3v) is 5.53. The van der Waals surface area contributed by atoms with Crippen molar-refractivity contribution in [2.24, 2.45) is 0 Å². The van der Waals surface area contributed by atoms with E-state index in [1.807, 2.05) is 45.0 Å². The predicted octanol–water partition coefficient (Wildman–Crippen LogP) is 5.06. The first-order valence-electron chi connectivity index (χ1n) is 12.0. The number of carboxylic acids is 1. The number of carbonyl (C=O) groups is 2. The highest BCUT2D eigenvalue weighted by Crippen LogP contribution is 2.26. The minimum absolute atomic E-state index is 0.0993. The molecular weight excluding hydrogens is 444 g/mol. The van der Waals surface area contributed by atoms with Gasteiger partial charge in [0.05, 0.1) is 6.42 Å². The first-order valence-corrected chi connectivity index (χ1v) is 12.0. The molecule has 0 fully saturated rings. The molecule has 0 saturated heterocycles. The van der Waals surface area contributed by atoms with Gasteiger partial charge in [0.15, 0.2) is 0 Å². The third kappa shape index (κ3) is 7.67. The van der Waals surface area contributed by atoms with Crippen molar-refractivity contribution in [2.75, 3.05) is 11.9 Å². The Labute approximate surface area is 206 Å². The highest BCUT2D eigenvalue weighted by atomic mass is 16.4. The number of benzene rings is 2. The van der Waals surface area contributed by atoms with Gasteiger partial charge in [-0.3, -0.25) is 9.59 Å². The average molecular weight is 479 g/mol. The van der Waals surface area contributed by atoms with Crippen LogP contribution < -0.4 is 10.6 Å². The van der Waals surface area contributed by atoms with Crippen molar-refractivity contribution < 1.29 is 19.1 Å².